The summed E-state index contributed by atoms with van der Waals surface area (Å²) in [6, 6.07) is 6.89. The number of anilines is 1. The van der Waals surface area contributed by atoms with Crippen molar-refractivity contribution in [3.8, 4) is 0 Å². The van der Waals surface area contributed by atoms with E-state index >= 15 is 0 Å². The van der Waals surface area contributed by atoms with Gasteiger partial charge in [0.05, 0.1) is 4.92 Å². The molecule has 2 rings (SSSR count). The lowest BCUT2D eigenvalue weighted by molar-refractivity contribution is -0.384. The molecule has 0 N–H and O–H groups in total. The standard InChI is InChI=1S/C13H18N2O2/c1-2-9-14(10-11-3-4-11)12-5-7-13(8-6-12)15(16)17/h5-8,11H,2-4,9-10H2,1H3. The van der Waals surface area contributed by atoms with Crippen molar-refractivity contribution in [3.05, 3.63) is 34.4 Å². The molecule has 0 saturated heterocycles. The Hall–Kier alpha value is -1.58. The first-order valence-corrected chi connectivity index (χ1v) is 6.20. The van der Waals surface area contributed by atoms with E-state index in [-0.39, 0.29) is 10.6 Å². The maximum Gasteiger partial charge on any atom is 0.269 e. The molecule has 1 aliphatic rings. The first-order chi connectivity index (χ1) is 8.20. The zero-order valence-electron chi connectivity index (χ0n) is 10.1. The summed E-state index contributed by atoms with van der Waals surface area (Å²) in [6.07, 6.45) is 3.75. The molecule has 0 amide bonds. The SMILES string of the molecule is CCCN(CC1CC1)c1ccc([N+](=O)[O-])cc1. The number of non-ortho nitro benzene ring substituents is 1. The molecular formula is C13H18N2O2. The van der Waals surface area contributed by atoms with E-state index in [0.717, 1.165) is 31.1 Å². The fourth-order valence-electron chi connectivity index (χ4n) is 1.99. The number of rotatable bonds is 6. The van der Waals surface area contributed by atoms with Crippen LogP contribution in [-0.2, 0) is 0 Å². The third-order valence-electron chi connectivity index (χ3n) is 3.09. The second-order valence-corrected chi connectivity index (χ2v) is 4.66. The fraction of sp³-hybridized carbons (Fsp3) is 0.538. The summed E-state index contributed by atoms with van der Waals surface area (Å²) in [6.45, 7) is 4.27. The number of nitrogens with zero attached hydrogens (tertiary/aromatic N) is 2. The molecule has 0 heterocycles. The number of nitro benzene ring substituents is 1. The Morgan fingerprint density at radius 1 is 1.35 bits per heavy atom. The van der Waals surface area contributed by atoms with E-state index in [2.05, 4.69) is 11.8 Å². The Bertz CT molecular complexity index is 385. The largest absolute Gasteiger partial charge is 0.371 e. The van der Waals surface area contributed by atoms with Crippen LogP contribution in [0, 0.1) is 16.0 Å². The normalized spacial score (nSPS) is 14.6. The van der Waals surface area contributed by atoms with Crippen molar-refractivity contribution in [3.63, 3.8) is 0 Å². The minimum absolute atomic E-state index is 0.164. The Kier molecular flexibility index (Phi) is 3.61. The van der Waals surface area contributed by atoms with E-state index in [1.54, 1.807) is 12.1 Å². The van der Waals surface area contributed by atoms with Gasteiger partial charge in [0.1, 0.15) is 0 Å². The average Bonchev–Trinajstić information content (AvgIpc) is 3.13. The van der Waals surface area contributed by atoms with E-state index in [1.807, 2.05) is 12.1 Å². The van der Waals surface area contributed by atoms with Gasteiger partial charge in [-0.05, 0) is 37.3 Å². The van der Waals surface area contributed by atoms with Crippen LogP contribution in [0.15, 0.2) is 24.3 Å². The lowest BCUT2D eigenvalue weighted by Gasteiger charge is -2.24. The predicted octanol–water partition coefficient (Wildman–Crippen LogP) is 3.22. The summed E-state index contributed by atoms with van der Waals surface area (Å²) in [5.41, 5.74) is 1.26. The van der Waals surface area contributed by atoms with Crippen molar-refractivity contribution >= 4 is 11.4 Å². The Labute approximate surface area is 101 Å². The van der Waals surface area contributed by atoms with Crippen molar-refractivity contribution in [2.75, 3.05) is 18.0 Å². The summed E-state index contributed by atoms with van der Waals surface area (Å²) in [5, 5.41) is 10.6. The molecule has 0 unspecified atom stereocenters. The van der Waals surface area contributed by atoms with Gasteiger partial charge in [0.25, 0.3) is 5.69 Å². The number of hydrogen-bond donors (Lipinski definition) is 0. The second kappa shape index (κ2) is 5.17. The highest BCUT2D eigenvalue weighted by atomic mass is 16.6. The van der Waals surface area contributed by atoms with E-state index in [4.69, 9.17) is 0 Å². The third-order valence-corrected chi connectivity index (χ3v) is 3.09. The van der Waals surface area contributed by atoms with Gasteiger partial charge in [0.15, 0.2) is 0 Å². The van der Waals surface area contributed by atoms with E-state index in [0.29, 0.717) is 0 Å². The monoisotopic (exact) mass is 234 g/mol. The van der Waals surface area contributed by atoms with Gasteiger partial charge >= 0.3 is 0 Å². The second-order valence-electron chi connectivity index (χ2n) is 4.66. The van der Waals surface area contributed by atoms with Crippen molar-refractivity contribution in [2.45, 2.75) is 26.2 Å². The van der Waals surface area contributed by atoms with Crippen LogP contribution in [0.4, 0.5) is 11.4 Å². The van der Waals surface area contributed by atoms with Crippen molar-refractivity contribution in [1.82, 2.24) is 0 Å². The fourth-order valence-corrected chi connectivity index (χ4v) is 1.99. The molecule has 0 aliphatic heterocycles. The Balaban J connectivity index is 2.08. The Morgan fingerprint density at radius 3 is 2.47 bits per heavy atom. The molecule has 92 valence electrons. The average molecular weight is 234 g/mol. The lowest BCUT2D eigenvalue weighted by atomic mass is 10.2. The summed E-state index contributed by atoms with van der Waals surface area (Å²) in [7, 11) is 0. The van der Waals surface area contributed by atoms with Crippen molar-refractivity contribution in [2.24, 2.45) is 5.92 Å². The molecule has 0 aromatic heterocycles. The first-order valence-electron chi connectivity index (χ1n) is 6.20. The maximum absolute atomic E-state index is 10.6. The van der Waals surface area contributed by atoms with Gasteiger partial charge in [-0.15, -0.1) is 0 Å². The van der Waals surface area contributed by atoms with Crippen molar-refractivity contribution < 1.29 is 4.92 Å². The number of hydrogen-bond acceptors (Lipinski definition) is 3. The van der Waals surface area contributed by atoms with Gasteiger partial charge in [-0.2, -0.15) is 0 Å². The number of nitro groups is 1. The molecule has 1 aromatic rings. The van der Waals surface area contributed by atoms with Crippen LogP contribution < -0.4 is 4.90 Å². The first kappa shape index (κ1) is 11.9. The Morgan fingerprint density at radius 2 is 2.00 bits per heavy atom. The molecule has 1 aliphatic carbocycles. The predicted molar refractivity (Wildman–Crippen MR) is 68.3 cm³/mol. The van der Waals surface area contributed by atoms with Crippen LogP contribution in [0.5, 0.6) is 0 Å². The minimum Gasteiger partial charge on any atom is -0.371 e. The van der Waals surface area contributed by atoms with Crippen LogP contribution in [0.25, 0.3) is 0 Å². The molecule has 0 spiro atoms. The van der Waals surface area contributed by atoms with Crippen LogP contribution >= 0.6 is 0 Å². The summed E-state index contributed by atoms with van der Waals surface area (Å²) in [5.74, 6) is 0.830. The molecule has 1 saturated carbocycles. The van der Waals surface area contributed by atoms with Crippen LogP contribution in [0.2, 0.25) is 0 Å². The molecule has 1 fully saturated rings. The molecule has 0 radical (unpaired) electrons. The van der Waals surface area contributed by atoms with Gasteiger partial charge in [-0.25, -0.2) is 0 Å². The van der Waals surface area contributed by atoms with Gasteiger partial charge < -0.3 is 4.90 Å². The highest BCUT2D eigenvalue weighted by Crippen LogP contribution is 2.31. The van der Waals surface area contributed by atoms with Crippen LogP contribution in [0.3, 0.4) is 0 Å². The van der Waals surface area contributed by atoms with Gasteiger partial charge in [0, 0.05) is 30.9 Å². The third kappa shape index (κ3) is 3.19. The van der Waals surface area contributed by atoms with Crippen molar-refractivity contribution in [1.29, 1.82) is 0 Å². The zero-order valence-corrected chi connectivity index (χ0v) is 10.1. The van der Waals surface area contributed by atoms with Crippen LogP contribution in [-0.4, -0.2) is 18.0 Å². The van der Waals surface area contributed by atoms with E-state index in [1.165, 1.54) is 12.8 Å². The highest BCUT2D eigenvalue weighted by Gasteiger charge is 2.24. The zero-order chi connectivity index (χ0) is 12.3. The lowest BCUT2D eigenvalue weighted by Crippen LogP contribution is -2.26. The van der Waals surface area contributed by atoms with Gasteiger partial charge in [-0.3, -0.25) is 10.1 Å². The summed E-state index contributed by atoms with van der Waals surface area (Å²) in [4.78, 5) is 12.6. The number of benzene rings is 1. The van der Waals surface area contributed by atoms with Crippen LogP contribution in [0.1, 0.15) is 26.2 Å². The van der Waals surface area contributed by atoms with Gasteiger partial charge in [-0.1, -0.05) is 6.92 Å². The van der Waals surface area contributed by atoms with E-state index < -0.39 is 0 Å². The van der Waals surface area contributed by atoms with Gasteiger partial charge in [0.2, 0.25) is 0 Å². The summed E-state index contributed by atoms with van der Waals surface area (Å²) < 4.78 is 0. The highest BCUT2D eigenvalue weighted by molar-refractivity contribution is 5.51. The molecule has 0 bridgehead atoms. The maximum atomic E-state index is 10.6. The molecule has 17 heavy (non-hydrogen) atoms. The summed E-state index contributed by atoms with van der Waals surface area (Å²) >= 11 is 0. The van der Waals surface area contributed by atoms with E-state index in [9.17, 15) is 10.1 Å². The molecule has 1 aromatic carbocycles. The molecule has 0 atom stereocenters. The topological polar surface area (TPSA) is 46.4 Å². The smallest absolute Gasteiger partial charge is 0.269 e. The minimum atomic E-state index is -0.352. The quantitative estimate of drug-likeness (QED) is 0.560. The molecular weight excluding hydrogens is 216 g/mol. The molecule has 4 heteroatoms. The molecule has 4 nitrogen and oxygen atoms in total.